The first-order valence-corrected chi connectivity index (χ1v) is 9.61. The predicted octanol–water partition coefficient (Wildman–Crippen LogP) is 1.15. The third-order valence-electron chi connectivity index (χ3n) is 4.27. The van der Waals surface area contributed by atoms with E-state index in [1.165, 1.54) is 6.26 Å². The largest absolute Gasteiger partial charge is 0.392 e. The van der Waals surface area contributed by atoms with Gasteiger partial charge in [0.2, 0.25) is 0 Å². The van der Waals surface area contributed by atoms with Crippen molar-refractivity contribution in [3.63, 3.8) is 0 Å². The molecule has 6 heteroatoms. The molecule has 0 bridgehead atoms. The highest BCUT2D eigenvalue weighted by atomic mass is 32.2. The van der Waals surface area contributed by atoms with Gasteiger partial charge in [0.15, 0.2) is 9.84 Å². The standard InChI is InChI=1S/C16H26N2O3S/c1-13(19)12-17-8-10-18(11-9-17)14(2)15-4-6-16(7-5-15)22(3,20)21/h4-7,13-14,19H,8-12H2,1-3H3/t13-,14-/m0/s1. The van der Waals surface area contributed by atoms with Crippen molar-refractivity contribution in [3.8, 4) is 0 Å². The SMILES string of the molecule is C[C@H](O)CN1CCN([C@@H](C)c2ccc(S(C)(=O)=O)cc2)CC1. The van der Waals surface area contributed by atoms with Crippen LogP contribution in [0.1, 0.15) is 25.5 Å². The van der Waals surface area contributed by atoms with Gasteiger partial charge >= 0.3 is 0 Å². The number of piperazine rings is 1. The lowest BCUT2D eigenvalue weighted by Crippen LogP contribution is -2.48. The summed E-state index contributed by atoms with van der Waals surface area (Å²) in [5.74, 6) is 0. The lowest BCUT2D eigenvalue weighted by Gasteiger charge is -2.38. The Morgan fingerprint density at radius 3 is 2.09 bits per heavy atom. The summed E-state index contributed by atoms with van der Waals surface area (Å²) in [7, 11) is -3.13. The Kier molecular flexibility index (Phi) is 5.60. The Hall–Kier alpha value is -0.950. The van der Waals surface area contributed by atoms with Gasteiger partial charge in [-0.3, -0.25) is 9.80 Å². The first-order valence-electron chi connectivity index (χ1n) is 7.72. The Bertz CT molecular complexity index is 576. The van der Waals surface area contributed by atoms with Gasteiger partial charge in [0.25, 0.3) is 0 Å². The van der Waals surface area contributed by atoms with Crippen molar-refractivity contribution in [1.82, 2.24) is 9.80 Å². The lowest BCUT2D eigenvalue weighted by molar-refractivity contribution is 0.0655. The number of benzene rings is 1. The van der Waals surface area contributed by atoms with E-state index in [1.807, 2.05) is 19.1 Å². The third-order valence-corrected chi connectivity index (χ3v) is 5.40. The molecule has 1 saturated heterocycles. The van der Waals surface area contributed by atoms with Gasteiger partial charge in [-0.25, -0.2) is 8.42 Å². The third kappa shape index (κ3) is 4.52. The first-order chi connectivity index (χ1) is 10.3. The minimum Gasteiger partial charge on any atom is -0.392 e. The molecular formula is C16H26N2O3S. The second-order valence-corrected chi connectivity index (χ2v) is 8.22. The van der Waals surface area contributed by atoms with Gasteiger partial charge in [-0.15, -0.1) is 0 Å². The molecule has 1 fully saturated rings. The van der Waals surface area contributed by atoms with E-state index in [1.54, 1.807) is 12.1 Å². The monoisotopic (exact) mass is 326 g/mol. The average molecular weight is 326 g/mol. The minimum absolute atomic E-state index is 0.266. The van der Waals surface area contributed by atoms with Crippen molar-refractivity contribution in [3.05, 3.63) is 29.8 Å². The van der Waals surface area contributed by atoms with Crippen LogP contribution in [0.25, 0.3) is 0 Å². The van der Waals surface area contributed by atoms with Crippen LogP contribution in [-0.2, 0) is 9.84 Å². The predicted molar refractivity (Wildman–Crippen MR) is 87.7 cm³/mol. The average Bonchev–Trinajstić information content (AvgIpc) is 2.46. The van der Waals surface area contributed by atoms with Gasteiger partial charge in [0.05, 0.1) is 11.0 Å². The number of hydrogen-bond donors (Lipinski definition) is 1. The van der Waals surface area contributed by atoms with Crippen LogP contribution in [0.15, 0.2) is 29.2 Å². The fraction of sp³-hybridized carbons (Fsp3) is 0.625. The summed E-state index contributed by atoms with van der Waals surface area (Å²) in [5.41, 5.74) is 1.14. The van der Waals surface area contributed by atoms with Crippen LogP contribution in [0.4, 0.5) is 0 Å². The zero-order valence-corrected chi connectivity index (χ0v) is 14.4. The zero-order chi connectivity index (χ0) is 16.3. The quantitative estimate of drug-likeness (QED) is 0.879. The molecule has 0 aromatic heterocycles. The Labute approximate surface area is 133 Å². The van der Waals surface area contributed by atoms with Crippen LogP contribution in [0.3, 0.4) is 0 Å². The highest BCUT2D eigenvalue weighted by molar-refractivity contribution is 7.90. The maximum Gasteiger partial charge on any atom is 0.175 e. The van der Waals surface area contributed by atoms with Gasteiger partial charge < -0.3 is 5.11 Å². The summed E-state index contributed by atoms with van der Waals surface area (Å²) in [5, 5.41) is 9.45. The molecule has 1 heterocycles. The van der Waals surface area contributed by atoms with E-state index in [0.29, 0.717) is 4.90 Å². The van der Waals surface area contributed by atoms with Crippen molar-refractivity contribution in [2.24, 2.45) is 0 Å². The molecule has 0 saturated carbocycles. The smallest absolute Gasteiger partial charge is 0.175 e. The second kappa shape index (κ2) is 7.08. The molecule has 1 aromatic carbocycles. The van der Waals surface area contributed by atoms with E-state index in [-0.39, 0.29) is 12.1 Å². The van der Waals surface area contributed by atoms with Crippen LogP contribution in [-0.4, -0.2) is 68.4 Å². The number of hydrogen-bond acceptors (Lipinski definition) is 5. The molecule has 0 radical (unpaired) electrons. The summed E-state index contributed by atoms with van der Waals surface area (Å²) in [4.78, 5) is 5.04. The fourth-order valence-electron chi connectivity index (χ4n) is 2.91. The number of sulfone groups is 1. The van der Waals surface area contributed by atoms with Crippen molar-refractivity contribution < 1.29 is 13.5 Å². The van der Waals surface area contributed by atoms with E-state index in [4.69, 9.17) is 0 Å². The fourth-order valence-corrected chi connectivity index (χ4v) is 3.54. The van der Waals surface area contributed by atoms with Crippen molar-refractivity contribution >= 4 is 9.84 Å². The van der Waals surface area contributed by atoms with Gasteiger partial charge in [0.1, 0.15) is 0 Å². The highest BCUT2D eigenvalue weighted by Gasteiger charge is 2.22. The molecule has 22 heavy (non-hydrogen) atoms. The van der Waals surface area contributed by atoms with E-state index in [0.717, 1.165) is 38.3 Å². The molecule has 1 aromatic rings. The number of aliphatic hydroxyl groups excluding tert-OH is 1. The molecule has 0 spiro atoms. The molecule has 1 aliphatic heterocycles. The summed E-state index contributed by atoms with van der Waals surface area (Å²) in [6, 6.07) is 7.45. The van der Waals surface area contributed by atoms with Gasteiger partial charge in [-0.2, -0.15) is 0 Å². The highest BCUT2D eigenvalue weighted by Crippen LogP contribution is 2.23. The van der Waals surface area contributed by atoms with Crippen LogP contribution >= 0.6 is 0 Å². The first kappa shape index (κ1) is 17.4. The van der Waals surface area contributed by atoms with Gasteiger partial charge in [-0.05, 0) is 31.5 Å². The molecule has 1 aliphatic rings. The summed E-state index contributed by atoms with van der Waals surface area (Å²) >= 11 is 0. The number of rotatable bonds is 5. The summed E-state index contributed by atoms with van der Waals surface area (Å²) < 4.78 is 23.0. The maximum atomic E-state index is 11.5. The van der Waals surface area contributed by atoms with E-state index < -0.39 is 9.84 Å². The van der Waals surface area contributed by atoms with Gasteiger partial charge in [-0.1, -0.05) is 12.1 Å². The second-order valence-electron chi connectivity index (χ2n) is 6.20. The minimum atomic E-state index is -3.13. The zero-order valence-electron chi connectivity index (χ0n) is 13.6. The summed E-state index contributed by atoms with van der Waals surface area (Å²) in [6.07, 6.45) is 0.944. The Balaban J connectivity index is 1.96. The number of β-amino-alcohol motifs (C(OH)–C–C–N with tert-alkyl or cyclic N) is 1. The van der Waals surface area contributed by atoms with E-state index in [9.17, 15) is 13.5 Å². The molecule has 0 aliphatic carbocycles. The van der Waals surface area contributed by atoms with E-state index in [2.05, 4.69) is 16.7 Å². The lowest BCUT2D eigenvalue weighted by atomic mass is 10.1. The molecule has 5 nitrogen and oxygen atoms in total. The van der Waals surface area contributed by atoms with Crippen molar-refractivity contribution in [1.29, 1.82) is 0 Å². The van der Waals surface area contributed by atoms with Crippen LogP contribution in [0.5, 0.6) is 0 Å². The molecule has 124 valence electrons. The summed E-state index contributed by atoms with van der Waals surface area (Å²) in [6.45, 7) is 8.53. The van der Waals surface area contributed by atoms with Crippen LogP contribution in [0.2, 0.25) is 0 Å². The topological polar surface area (TPSA) is 60.9 Å². The molecule has 1 N–H and O–H groups in total. The number of nitrogens with zero attached hydrogens (tertiary/aromatic N) is 2. The molecule has 0 amide bonds. The molecule has 0 unspecified atom stereocenters. The Morgan fingerprint density at radius 2 is 1.64 bits per heavy atom. The van der Waals surface area contributed by atoms with Crippen molar-refractivity contribution in [2.75, 3.05) is 39.0 Å². The Morgan fingerprint density at radius 1 is 1.09 bits per heavy atom. The van der Waals surface area contributed by atoms with E-state index >= 15 is 0 Å². The number of aliphatic hydroxyl groups is 1. The normalized spacial score (nSPS) is 20.7. The van der Waals surface area contributed by atoms with Gasteiger partial charge in [0, 0.05) is 45.0 Å². The maximum absolute atomic E-state index is 11.5. The molecule has 2 rings (SSSR count). The van der Waals surface area contributed by atoms with Crippen LogP contribution in [0, 0.1) is 0 Å². The molecular weight excluding hydrogens is 300 g/mol. The van der Waals surface area contributed by atoms with Crippen LogP contribution < -0.4 is 0 Å². The van der Waals surface area contributed by atoms with Crippen molar-refractivity contribution in [2.45, 2.75) is 30.9 Å². The molecule has 2 atom stereocenters.